The standard InChI is InChI=1S/C21H17BrN2O4/c1-2-27-21(26)16-5-3-14(4-6-16)19-12-11-18(28-19)13-23-24-20(25)15-7-9-17(22)10-8-15/h3-13H,2H2,1H3,(H,24,25). The molecule has 1 heterocycles. The van der Waals surface area contributed by atoms with E-state index in [1.54, 1.807) is 67.6 Å². The summed E-state index contributed by atoms with van der Waals surface area (Å²) in [4.78, 5) is 23.7. The number of esters is 1. The summed E-state index contributed by atoms with van der Waals surface area (Å²) < 4.78 is 11.6. The monoisotopic (exact) mass is 440 g/mol. The molecule has 6 nitrogen and oxygen atoms in total. The summed E-state index contributed by atoms with van der Waals surface area (Å²) >= 11 is 3.32. The third-order valence-electron chi connectivity index (χ3n) is 3.77. The molecule has 7 heteroatoms. The molecule has 1 aromatic heterocycles. The van der Waals surface area contributed by atoms with Crippen molar-refractivity contribution >= 4 is 34.0 Å². The van der Waals surface area contributed by atoms with Gasteiger partial charge in [-0.2, -0.15) is 5.10 Å². The highest BCUT2D eigenvalue weighted by molar-refractivity contribution is 9.10. The highest BCUT2D eigenvalue weighted by Crippen LogP contribution is 2.22. The van der Waals surface area contributed by atoms with Gasteiger partial charge in [0.25, 0.3) is 5.91 Å². The molecule has 0 aliphatic carbocycles. The largest absolute Gasteiger partial charge is 0.462 e. The van der Waals surface area contributed by atoms with Crippen molar-refractivity contribution in [2.75, 3.05) is 6.61 Å². The van der Waals surface area contributed by atoms with E-state index < -0.39 is 0 Å². The Hall–Kier alpha value is -3.19. The zero-order valence-electron chi connectivity index (χ0n) is 15.0. The maximum atomic E-state index is 12.0. The van der Waals surface area contributed by atoms with Gasteiger partial charge < -0.3 is 9.15 Å². The average Bonchev–Trinajstić information content (AvgIpc) is 3.17. The number of amides is 1. The number of hydrogen-bond donors (Lipinski definition) is 1. The van der Waals surface area contributed by atoms with Gasteiger partial charge >= 0.3 is 5.97 Å². The lowest BCUT2D eigenvalue weighted by molar-refractivity contribution is 0.0526. The topological polar surface area (TPSA) is 80.9 Å². The van der Waals surface area contributed by atoms with Crippen LogP contribution in [0.1, 0.15) is 33.4 Å². The van der Waals surface area contributed by atoms with E-state index in [1.807, 2.05) is 0 Å². The van der Waals surface area contributed by atoms with Crippen LogP contribution in [0.5, 0.6) is 0 Å². The first-order valence-electron chi connectivity index (χ1n) is 8.53. The first-order chi connectivity index (χ1) is 13.6. The van der Waals surface area contributed by atoms with Crippen molar-refractivity contribution in [3.8, 4) is 11.3 Å². The normalized spacial score (nSPS) is 10.8. The number of hydrazone groups is 1. The van der Waals surface area contributed by atoms with Gasteiger partial charge in [-0.05, 0) is 55.5 Å². The van der Waals surface area contributed by atoms with Gasteiger partial charge in [-0.1, -0.05) is 28.1 Å². The van der Waals surface area contributed by atoms with Crippen molar-refractivity contribution in [1.82, 2.24) is 5.43 Å². The summed E-state index contributed by atoms with van der Waals surface area (Å²) in [5.74, 6) is 0.435. The molecule has 1 N–H and O–H groups in total. The van der Waals surface area contributed by atoms with Crippen LogP contribution in [0.2, 0.25) is 0 Å². The minimum absolute atomic E-state index is 0.315. The van der Waals surface area contributed by atoms with Crippen LogP contribution in [0.25, 0.3) is 11.3 Å². The van der Waals surface area contributed by atoms with Crippen LogP contribution in [-0.2, 0) is 4.74 Å². The Balaban J connectivity index is 1.62. The number of furan rings is 1. The highest BCUT2D eigenvalue weighted by atomic mass is 79.9. The quantitative estimate of drug-likeness (QED) is 0.343. The molecule has 0 spiro atoms. The Morgan fingerprint density at radius 1 is 1.04 bits per heavy atom. The third-order valence-corrected chi connectivity index (χ3v) is 4.30. The van der Waals surface area contributed by atoms with Crippen molar-refractivity contribution in [3.63, 3.8) is 0 Å². The fourth-order valence-corrected chi connectivity index (χ4v) is 2.65. The summed E-state index contributed by atoms with van der Waals surface area (Å²) in [6, 6.07) is 17.4. The molecule has 0 fully saturated rings. The molecule has 1 amide bonds. The number of ether oxygens (including phenoxy) is 1. The molecule has 3 rings (SSSR count). The van der Waals surface area contributed by atoms with E-state index in [9.17, 15) is 9.59 Å². The number of carbonyl (C=O) groups excluding carboxylic acids is 2. The molecule has 2 aromatic carbocycles. The predicted molar refractivity (Wildman–Crippen MR) is 109 cm³/mol. The van der Waals surface area contributed by atoms with Gasteiger partial charge in [-0.3, -0.25) is 4.79 Å². The highest BCUT2D eigenvalue weighted by Gasteiger charge is 2.08. The molecule has 0 saturated carbocycles. The van der Waals surface area contributed by atoms with Gasteiger partial charge in [-0.15, -0.1) is 0 Å². The van der Waals surface area contributed by atoms with Gasteiger partial charge in [0.05, 0.1) is 18.4 Å². The van der Waals surface area contributed by atoms with E-state index in [-0.39, 0.29) is 11.9 Å². The Morgan fingerprint density at radius 3 is 2.39 bits per heavy atom. The number of nitrogens with one attached hydrogen (secondary N) is 1. The van der Waals surface area contributed by atoms with E-state index in [0.29, 0.717) is 29.3 Å². The van der Waals surface area contributed by atoms with Crippen molar-refractivity contribution in [1.29, 1.82) is 0 Å². The lowest BCUT2D eigenvalue weighted by Gasteiger charge is -2.02. The van der Waals surface area contributed by atoms with Crippen molar-refractivity contribution in [2.45, 2.75) is 6.92 Å². The number of carbonyl (C=O) groups is 2. The van der Waals surface area contributed by atoms with Gasteiger partial charge in [0.2, 0.25) is 0 Å². The zero-order valence-corrected chi connectivity index (χ0v) is 16.6. The summed E-state index contributed by atoms with van der Waals surface area (Å²) in [5, 5.41) is 3.91. The molecule has 0 radical (unpaired) electrons. The molecule has 142 valence electrons. The first-order valence-corrected chi connectivity index (χ1v) is 9.32. The van der Waals surface area contributed by atoms with Crippen LogP contribution in [0, 0.1) is 0 Å². The first kappa shape index (κ1) is 19.6. The molecule has 0 atom stereocenters. The number of benzene rings is 2. The molecule has 0 saturated heterocycles. The van der Waals surface area contributed by atoms with E-state index in [1.165, 1.54) is 6.21 Å². The minimum Gasteiger partial charge on any atom is -0.462 e. The van der Waals surface area contributed by atoms with E-state index >= 15 is 0 Å². The number of halogens is 1. The van der Waals surface area contributed by atoms with Crippen LogP contribution >= 0.6 is 15.9 Å². The second-order valence-corrected chi connectivity index (χ2v) is 6.62. The van der Waals surface area contributed by atoms with Gasteiger partial charge in [0.15, 0.2) is 0 Å². The fraction of sp³-hybridized carbons (Fsp3) is 0.0952. The Morgan fingerprint density at radius 2 is 1.71 bits per heavy atom. The average molecular weight is 441 g/mol. The molecule has 0 aliphatic heterocycles. The van der Waals surface area contributed by atoms with Crippen LogP contribution in [0.3, 0.4) is 0 Å². The van der Waals surface area contributed by atoms with E-state index in [2.05, 4.69) is 26.5 Å². The Bertz CT molecular complexity index is 992. The predicted octanol–water partition coefficient (Wildman–Crippen LogP) is 4.65. The number of hydrogen-bond acceptors (Lipinski definition) is 5. The molecule has 0 bridgehead atoms. The zero-order chi connectivity index (χ0) is 19.9. The minimum atomic E-state index is -0.358. The molecule has 0 unspecified atom stereocenters. The van der Waals surface area contributed by atoms with Gasteiger partial charge in [0, 0.05) is 15.6 Å². The molecule has 28 heavy (non-hydrogen) atoms. The summed E-state index contributed by atoms with van der Waals surface area (Å²) in [6.45, 7) is 2.10. The number of nitrogens with zero attached hydrogens (tertiary/aromatic N) is 1. The van der Waals surface area contributed by atoms with Crippen LogP contribution < -0.4 is 5.43 Å². The smallest absolute Gasteiger partial charge is 0.338 e. The molecular formula is C21H17BrN2O4. The second kappa shape index (κ2) is 9.14. The van der Waals surface area contributed by atoms with Crippen LogP contribution in [0.15, 0.2) is 74.7 Å². The van der Waals surface area contributed by atoms with E-state index in [0.717, 1.165) is 10.0 Å². The van der Waals surface area contributed by atoms with Crippen molar-refractivity contribution < 1.29 is 18.7 Å². The maximum Gasteiger partial charge on any atom is 0.338 e. The summed E-state index contributed by atoms with van der Waals surface area (Å²) in [5.41, 5.74) is 4.25. The fourth-order valence-electron chi connectivity index (χ4n) is 2.38. The molecule has 3 aromatic rings. The van der Waals surface area contributed by atoms with Gasteiger partial charge in [-0.25, -0.2) is 10.2 Å². The SMILES string of the molecule is CCOC(=O)c1ccc(-c2ccc(C=NNC(=O)c3ccc(Br)cc3)o2)cc1. The molecular weight excluding hydrogens is 424 g/mol. The second-order valence-electron chi connectivity index (χ2n) is 5.71. The molecule has 0 aliphatic rings. The van der Waals surface area contributed by atoms with Gasteiger partial charge in [0.1, 0.15) is 11.5 Å². The summed E-state index contributed by atoms with van der Waals surface area (Å²) in [6.07, 6.45) is 1.42. The summed E-state index contributed by atoms with van der Waals surface area (Å²) in [7, 11) is 0. The lowest BCUT2D eigenvalue weighted by Crippen LogP contribution is -2.17. The van der Waals surface area contributed by atoms with Crippen LogP contribution in [-0.4, -0.2) is 24.7 Å². The van der Waals surface area contributed by atoms with E-state index in [4.69, 9.17) is 9.15 Å². The van der Waals surface area contributed by atoms with Crippen LogP contribution in [0.4, 0.5) is 0 Å². The lowest BCUT2D eigenvalue weighted by atomic mass is 10.1. The maximum absolute atomic E-state index is 12.0. The van der Waals surface area contributed by atoms with Crippen molar-refractivity contribution in [3.05, 3.63) is 82.0 Å². The third kappa shape index (κ3) is 4.95. The Kier molecular flexibility index (Phi) is 6.39. The number of rotatable bonds is 6. The van der Waals surface area contributed by atoms with Crippen molar-refractivity contribution in [2.24, 2.45) is 5.10 Å². The Labute approximate surface area is 170 Å².